The molecule has 0 aliphatic carbocycles. The molecular weight excluding hydrogens is 357 g/mol. The second-order valence-corrected chi connectivity index (χ2v) is 6.54. The summed E-state index contributed by atoms with van der Waals surface area (Å²) in [6.07, 6.45) is 3.40. The molecule has 0 spiro atoms. The number of amides is 1. The summed E-state index contributed by atoms with van der Waals surface area (Å²) in [5.74, 6) is 0.0138. The summed E-state index contributed by atoms with van der Waals surface area (Å²) in [7, 11) is 0. The van der Waals surface area contributed by atoms with Gasteiger partial charge in [0.2, 0.25) is 0 Å². The first-order valence-corrected chi connectivity index (χ1v) is 8.34. The van der Waals surface area contributed by atoms with Crippen LogP contribution in [0.3, 0.4) is 0 Å². The number of rotatable bonds is 2. The van der Waals surface area contributed by atoms with Crippen LogP contribution in [0, 0.1) is 0 Å². The molecule has 0 atom stereocenters. The average Bonchev–Trinajstić information content (AvgIpc) is 2.55. The maximum absolute atomic E-state index is 12.5. The van der Waals surface area contributed by atoms with Crippen LogP contribution >= 0.6 is 34.8 Å². The smallest absolute Gasteiger partial charge is 0.253 e. The molecule has 1 saturated heterocycles. The molecule has 1 aromatic carbocycles. The lowest BCUT2D eigenvalue weighted by Crippen LogP contribution is -2.49. The minimum Gasteiger partial charge on any atom is -0.365 e. The number of nitrogens with zero attached hydrogens (tertiary/aromatic N) is 2. The third kappa shape index (κ3) is 3.55. The predicted octanol–water partition coefficient (Wildman–Crippen LogP) is 3.42. The molecule has 0 saturated carbocycles. The molecule has 23 heavy (non-hydrogen) atoms. The lowest BCUT2D eigenvalue weighted by molar-refractivity contribution is -0.377. The van der Waals surface area contributed by atoms with Gasteiger partial charge in [-0.2, -0.15) is 0 Å². The molecule has 1 fully saturated rings. The van der Waals surface area contributed by atoms with Crippen LogP contribution in [0.25, 0.3) is 0 Å². The number of benzene rings is 1. The van der Waals surface area contributed by atoms with Gasteiger partial charge >= 0.3 is 0 Å². The molecule has 1 amide bonds. The molecule has 7 heteroatoms. The van der Waals surface area contributed by atoms with Crippen molar-refractivity contribution < 1.29 is 9.78 Å². The summed E-state index contributed by atoms with van der Waals surface area (Å²) in [4.78, 5) is 19.3. The van der Waals surface area contributed by atoms with Crippen LogP contribution in [0.4, 0.5) is 5.69 Å². The lowest BCUT2D eigenvalue weighted by Gasteiger charge is -2.36. The van der Waals surface area contributed by atoms with Crippen molar-refractivity contribution in [3.05, 3.63) is 57.3 Å². The molecule has 0 radical (unpaired) electrons. The summed E-state index contributed by atoms with van der Waals surface area (Å²) in [5, 5.41) is 1.78. The fourth-order valence-corrected chi connectivity index (χ4v) is 3.39. The molecule has 4 nitrogen and oxygen atoms in total. The van der Waals surface area contributed by atoms with Crippen LogP contribution in [0.5, 0.6) is 0 Å². The minimum atomic E-state index is 0.0138. The van der Waals surface area contributed by atoms with Gasteiger partial charge in [-0.05, 0) is 24.3 Å². The number of aromatic nitrogens is 1. The second kappa shape index (κ2) is 6.95. The third-order valence-corrected chi connectivity index (χ3v) is 4.68. The van der Waals surface area contributed by atoms with E-state index in [4.69, 9.17) is 34.8 Å². The standard InChI is InChI=1S/C16H14Cl3N3O/c17-12-3-1-11(2-4-12)16(23)22-7-5-21(6-8-22)15-13(18)9-20-10-14(15)19/h1-4,9-10H,5-8H2/p+1. The Morgan fingerprint density at radius 2 is 1.48 bits per heavy atom. The van der Waals surface area contributed by atoms with Gasteiger partial charge in [-0.15, -0.1) is 0 Å². The van der Waals surface area contributed by atoms with Crippen molar-refractivity contribution in [2.45, 2.75) is 0 Å². The highest BCUT2D eigenvalue weighted by Crippen LogP contribution is 2.32. The Labute approximate surface area is 149 Å². The third-order valence-electron chi connectivity index (χ3n) is 3.85. The Hall–Kier alpha value is -1.49. The van der Waals surface area contributed by atoms with E-state index in [0.29, 0.717) is 46.8 Å². The molecule has 1 aliphatic heterocycles. The summed E-state index contributed by atoms with van der Waals surface area (Å²) in [6.45, 7) is 2.60. The van der Waals surface area contributed by atoms with Gasteiger partial charge in [-0.3, -0.25) is 4.79 Å². The molecule has 2 heterocycles. The first-order chi connectivity index (χ1) is 11.1. The van der Waals surface area contributed by atoms with Gasteiger partial charge in [0.05, 0.1) is 5.69 Å². The van der Waals surface area contributed by atoms with Crippen LogP contribution < -0.4 is 9.88 Å². The number of carbonyl (C=O) groups excluding carboxylic acids is 1. The van der Waals surface area contributed by atoms with E-state index in [0.717, 1.165) is 5.69 Å². The molecule has 0 bridgehead atoms. The maximum Gasteiger partial charge on any atom is 0.253 e. The highest BCUT2D eigenvalue weighted by atomic mass is 35.5. The van der Waals surface area contributed by atoms with E-state index in [9.17, 15) is 4.79 Å². The number of nitrogens with one attached hydrogen (secondary N) is 1. The summed E-state index contributed by atoms with van der Waals surface area (Å²) < 4.78 is 0. The summed E-state index contributed by atoms with van der Waals surface area (Å²) in [5.41, 5.74) is 1.46. The monoisotopic (exact) mass is 370 g/mol. The molecule has 1 aliphatic rings. The number of halogens is 3. The number of pyridine rings is 1. The molecule has 3 rings (SSSR count). The Morgan fingerprint density at radius 3 is 2.04 bits per heavy atom. The minimum absolute atomic E-state index is 0.0138. The first kappa shape index (κ1) is 16.4. The number of H-pyrrole nitrogens is 1. The van der Waals surface area contributed by atoms with E-state index >= 15 is 0 Å². The van der Waals surface area contributed by atoms with Gasteiger partial charge in [0.15, 0.2) is 12.4 Å². The fourth-order valence-electron chi connectivity index (χ4n) is 2.65. The van der Waals surface area contributed by atoms with Crippen molar-refractivity contribution in [3.8, 4) is 0 Å². The Balaban J connectivity index is 1.69. The number of anilines is 1. The van der Waals surface area contributed by atoms with Crippen LogP contribution in [0.2, 0.25) is 15.1 Å². The van der Waals surface area contributed by atoms with Gasteiger partial charge in [0.25, 0.3) is 5.91 Å². The quantitative estimate of drug-likeness (QED) is 0.811. The molecule has 1 aromatic heterocycles. The number of carbonyl (C=O) groups is 1. The van der Waals surface area contributed by atoms with E-state index in [1.54, 1.807) is 36.7 Å². The van der Waals surface area contributed by atoms with E-state index in [-0.39, 0.29) is 5.91 Å². The number of piperazine rings is 1. The van der Waals surface area contributed by atoms with Crippen molar-refractivity contribution in [2.24, 2.45) is 0 Å². The molecular formula is C16H15Cl3N3O+. The zero-order valence-corrected chi connectivity index (χ0v) is 14.5. The topological polar surface area (TPSA) is 37.7 Å². The molecule has 2 aromatic rings. The fraction of sp³-hybridized carbons (Fsp3) is 0.250. The Bertz CT molecular complexity index is 693. The highest BCUT2D eigenvalue weighted by Gasteiger charge is 2.25. The zero-order valence-electron chi connectivity index (χ0n) is 12.2. The van der Waals surface area contributed by atoms with Crippen LogP contribution in [0.1, 0.15) is 10.4 Å². The first-order valence-electron chi connectivity index (χ1n) is 7.21. The van der Waals surface area contributed by atoms with Crippen molar-refractivity contribution in [1.82, 2.24) is 4.90 Å². The van der Waals surface area contributed by atoms with E-state index in [2.05, 4.69) is 9.88 Å². The number of hydrogen-bond acceptors (Lipinski definition) is 2. The van der Waals surface area contributed by atoms with Gasteiger partial charge in [0.1, 0.15) is 10.0 Å². The second-order valence-electron chi connectivity index (χ2n) is 5.29. The molecule has 120 valence electrons. The lowest BCUT2D eigenvalue weighted by atomic mass is 10.1. The van der Waals surface area contributed by atoms with E-state index in [1.165, 1.54) is 0 Å². The van der Waals surface area contributed by atoms with Gasteiger partial charge in [-0.1, -0.05) is 34.8 Å². The van der Waals surface area contributed by atoms with Crippen molar-refractivity contribution in [3.63, 3.8) is 0 Å². The molecule has 1 N–H and O–H groups in total. The van der Waals surface area contributed by atoms with Crippen LogP contribution in [-0.4, -0.2) is 37.0 Å². The summed E-state index contributed by atoms with van der Waals surface area (Å²) in [6, 6.07) is 6.95. The normalized spacial score (nSPS) is 14.9. The van der Waals surface area contributed by atoms with E-state index < -0.39 is 0 Å². The van der Waals surface area contributed by atoms with Crippen LogP contribution in [0.15, 0.2) is 36.7 Å². The Kier molecular flexibility index (Phi) is 4.95. The average molecular weight is 372 g/mol. The van der Waals surface area contributed by atoms with E-state index in [1.807, 2.05) is 4.90 Å². The molecule has 0 unspecified atom stereocenters. The summed E-state index contributed by atoms with van der Waals surface area (Å²) >= 11 is 18.3. The number of aromatic amines is 1. The van der Waals surface area contributed by atoms with Crippen LogP contribution in [-0.2, 0) is 0 Å². The van der Waals surface area contributed by atoms with Crippen molar-refractivity contribution in [1.29, 1.82) is 0 Å². The highest BCUT2D eigenvalue weighted by molar-refractivity contribution is 6.38. The largest absolute Gasteiger partial charge is 0.365 e. The number of hydrogen-bond donors (Lipinski definition) is 0. The van der Waals surface area contributed by atoms with Crippen molar-refractivity contribution >= 4 is 46.4 Å². The van der Waals surface area contributed by atoms with Gasteiger partial charge in [0, 0.05) is 36.8 Å². The Morgan fingerprint density at radius 1 is 0.913 bits per heavy atom. The SMILES string of the molecule is O=C(c1ccc(Cl)cc1)N1CCN(c2c(Cl)c[nH+]cc2Cl)CC1. The van der Waals surface area contributed by atoms with Crippen molar-refractivity contribution in [2.75, 3.05) is 31.1 Å². The van der Waals surface area contributed by atoms with Gasteiger partial charge < -0.3 is 9.80 Å². The van der Waals surface area contributed by atoms with Gasteiger partial charge in [-0.25, -0.2) is 4.98 Å². The zero-order chi connectivity index (χ0) is 16.4. The predicted molar refractivity (Wildman–Crippen MR) is 92.6 cm³/mol. The maximum atomic E-state index is 12.5.